The van der Waals surface area contributed by atoms with Crippen LogP contribution in [0.3, 0.4) is 0 Å². The van der Waals surface area contributed by atoms with E-state index in [9.17, 15) is 31.1 Å². The number of nitrogens with zero attached hydrogens (tertiary/aromatic N) is 5. The summed E-state index contributed by atoms with van der Waals surface area (Å²) in [7, 11) is 1.11. The van der Waals surface area contributed by atoms with Crippen molar-refractivity contribution in [2.45, 2.75) is 37.8 Å². The van der Waals surface area contributed by atoms with Crippen molar-refractivity contribution in [1.82, 2.24) is 30.0 Å². The lowest BCUT2D eigenvalue weighted by Gasteiger charge is -2.24. The van der Waals surface area contributed by atoms with Gasteiger partial charge in [0.25, 0.3) is 5.91 Å². The second-order valence-corrected chi connectivity index (χ2v) is 7.39. The number of fused-ring (bicyclic) bond motifs is 1. The number of hydrogen-bond acceptors (Lipinski definition) is 6. The van der Waals surface area contributed by atoms with Crippen molar-refractivity contribution in [3.63, 3.8) is 0 Å². The van der Waals surface area contributed by atoms with Crippen LogP contribution < -0.4 is 10.1 Å². The molecule has 3 aromatic rings. The van der Waals surface area contributed by atoms with Crippen LogP contribution in [0.25, 0.3) is 11.3 Å². The molecule has 4 heterocycles. The summed E-state index contributed by atoms with van der Waals surface area (Å²) in [6, 6.07) is 4.10. The number of amides is 1. The van der Waals surface area contributed by atoms with Crippen LogP contribution >= 0.6 is 0 Å². The van der Waals surface area contributed by atoms with Crippen LogP contribution in [-0.2, 0) is 18.9 Å². The molecule has 3 aromatic heterocycles. The quantitative estimate of drug-likeness (QED) is 0.560. The fraction of sp³-hybridized carbons (Fsp3) is 0.350. The van der Waals surface area contributed by atoms with E-state index in [0.717, 1.165) is 25.4 Å². The third kappa shape index (κ3) is 4.79. The highest BCUT2D eigenvalue weighted by atomic mass is 19.4. The van der Waals surface area contributed by atoms with E-state index in [1.54, 1.807) is 4.68 Å². The van der Waals surface area contributed by atoms with Gasteiger partial charge in [0, 0.05) is 24.4 Å². The molecule has 0 saturated heterocycles. The van der Waals surface area contributed by atoms with Crippen molar-refractivity contribution < 1.29 is 35.9 Å². The maximum atomic E-state index is 13.1. The number of aryl methyl sites for hydroxylation is 1. The van der Waals surface area contributed by atoms with Crippen molar-refractivity contribution in [3.8, 4) is 17.1 Å². The highest BCUT2D eigenvalue weighted by molar-refractivity contribution is 5.92. The summed E-state index contributed by atoms with van der Waals surface area (Å²) < 4.78 is 84.5. The van der Waals surface area contributed by atoms with Crippen LogP contribution in [0.5, 0.6) is 5.88 Å². The van der Waals surface area contributed by atoms with Gasteiger partial charge in [-0.1, -0.05) is 0 Å². The van der Waals surface area contributed by atoms with Gasteiger partial charge in [-0.05, 0) is 31.0 Å². The SMILES string of the molecule is COc1cc(C(=O)N[C@H]2CCCn3nc(-c4ccnc(C(F)(F)F)c4)cc32)nc(C(F)(F)F)n1. The average molecular weight is 486 g/mol. The minimum absolute atomic E-state index is 0.185. The summed E-state index contributed by atoms with van der Waals surface area (Å²) >= 11 is 0. The Bertz CT molecular complexity index is 1220. The number of carbonyl (C=O) groups is 1. The van der Waals surface area contributed by atoms with Crippen LogP contribution in [0, 0.1) is 0 Å². The molecular weight excluding hydrogens is 470 g/mol. The Kier molecular flexibility index (Phi) is 5.91. The molecule has 0 spiro atoms. The van der Waals surface area contributed by atoms with E-state index in [-0.39, 0.29) is 11.3 Å². The van der Waals surface area contributed by atoms with Crippen LogP contribution in [-0.4, -0.2) is 37.7 Å². The third-order valence-corrected chi connectivity index (χ3v) is 5.08. The van der Waals surface area contributed by atoms with E-state index >= 15 is 0 Å². The molecule has 0 saturated carbocycles. The summed E-state index contributed by atoms with van der Waals surface area (Å²) in [5.74, 6) is -2.84. The standard InChI is InChI=1S/C20H16F6N6O2/c1-34-16-9-13(29-18(30-16)20(24,25)26)17(33)28-11-3-2-6-32-14(11)8-12(31-32)10-4-5-27-15(7-10)19(21,22)23/h4-5,7-9,11H,2-3,6H2,1H3,(H,28,33)/t11-/m0/s1. The maximum absolute atomic E-state index is 13.1. The molecule has 0 unspecified atom stereocenters. The van der Waals surface area contributed by atoms with Crippen molar-refractivity contribution in [2.75, 3.05) is 7.11 Å². The van der Waals surface area contributed by atoms with E-state index in [1.165, 1.54) is 12.1 Å². The van der Waals surface area contributed by atoms with Crippen LogP contribution in [0.15, 0.2) is 30.5 Å². The first-order valence-electron chi connectivity index (χ1n) is 9.88. The third-order valence-electron chi connectivity index (χ3n) is 5.08. The highest BCUT2D eigenvalue weighted by Crippen LogP contribution is 2.33. The summed E-state index contributed by atoms with van der Waals surface area (Å²) in [4.78, 5) is 22.5. The zero-order valence-electron chi connectivity index (χ0n) is 17.4. The van der Waals surface area contributed by atoms with Gasteiger partial charge in [0.05, 0.1) is 24.5 Å². The predicted octanol–water partition coefficient (Wildman–Crippen LogP) is 4.05. The smallest absolute Gasteiger partial charge is 0.451 e. The summed E-state index contributed by atoms with van der Waals surface area (Å²) in [5, 5.41) is 6.94. The number of nitrogens with one attached hydrogen (secondary N) is 1. The molecule has 0 aromatic carbocycles. The number of alkyl halides is 6. The van der Waals surface area contributed by atoms with Gasteiger partial charge in [0.15, 0.2) is 0 Å². The average Bonchev–Trinajstić information content (AvgIpc) is 3.23. The largest absolute Gasteiger partial charge is 0.481 e. The normalized spacial score (nSPS) is 16.1. The van der Waals surface area contributed by atoms with Crippen molar-refractivity contribution in [2.24, 2.45) is 0 Å². The number of halogens is 6. The number of rotatable bonds is 4. The van der Waals surface area contributed by atoms with Gasteiger partial charge in [-0.2, -0.15) is 36.4 Å². The summed E-state index contributed by atoms with van der Waals surface area (Å²) in [6.45, 7) is 0.457. The Balaban J connectivity index is 1.61. The lowest BCUT2D eigenvalue weighted by Crippen LogP contribution is -2.33. The molecule has 1 N–H and O–H groups in total. The summed E-state index contributed by atoms with van der Waals surface area (Å²) in [5.41, 5.74) is -0.687. The number of hydrogen-bond donors (Lipinski definition) is 1. The minimum atomic E-state index is -4.89. The number of methoxy groups -OCH3 is 1. The van der Waals surface area contributed by atoms with E-state index in [1.807, 2.05) is 0 Å². The fourth-order valence-electron chi connectivity index (χ4n) is 3.52. The summed E-state index contributed by atoms with van der Waals surface area (Å²) in [6.07, 6.45) is -7.47. The molecule has 14 heteroatoms. The Hall–Kier alpha value is -3.71. The van der Waals surface area contributed by atoms with Gasteiger partial charge in [-0.15, -0.1) is 0 Å². The molecule has 1 atom stereocenters. The highest BCUT2D eigenvalue weighted by Gasteiger charge is 2.37. The second-order valence-electron chi connectivity index (χ2n) is 7.39. The van der Waals surface area contributed by atoms with Gasteiger partial charge in [0.1, 0.15) is 11.4 Å². The molecule has 0 aliphatic carbocycles. The molecule has 0 radical (unpaired) electrons. The molecule has 8 nitrogen and oxygen atoms in total. The number of pyridine rings is 1. The molecule has 1 aliphatic rings. The zero-order chi connectivity index (χ0) is 24.7. The minimum Gasteiger partial charge on any atom is -0.481 e. The molecule has 0 fully saturated rings. The monoisotopic (exact) mass is 486 g/mol. The molecule has 1 amide bonds. The lowest BCUT2D eigenvalue weighted by atomic mass is 10.0. The number of carbonyl (C=O) groups excluding carboxylic acids is 1. The van der Waals surface area contributed by atoms with Gasteiger partial charge in [0.2, 0.25) is 11.7 Å². The van der Waals surface area contributed by atoms with Crippen molar-refractivity contribution in [3.05, 3.63) is 53.4 Å². The first-order chi connectivity index (χ1) is 16.0. The van der Waals surface area contributed by atoms with Crippen molar-refractivity contribution >= 4 is 5.91 Å². The van der Waals surface area contributed by atoms with Crippen molar-refractivity contribution in [1.29, 1.82) is 0 Å². The topological polar surface area (TPSA) is 94.8 Å². The predicted molar refractivity (Wildman–Crippen MR) is 103 cm³/mol. The van der Waals surface area contributed by atoms with Crippen LogP contribution in [0.1, 0.15) is 46.6 Å². The number of ether oxygens (including phenoxy) is 1. The first kappa shape index (κ1) is 23.4. The van der Waals surface area contributed by atoms with Gasteiger partial charge in [-0.3, -0.25) is 14.5 Å². The Morgan fingerprint density at radius 2 is 1.88 bits per heavy atom. The lowest BCUT2D eigenvalue weighted by molar-refractivity contribution is -0.145. The second kappa shape index (κ2) is 8.57. The Morgan fingerprint density at radius 3 is 2.56 bits per heavy atom. The van der Waals surface area contributed by atoms with E-state index < -0.39 is 47.4 Å². The van der Waals surface area contributed by atoms with Crippen LogP contribution in [0.4, 0.5) is 26.3 Å². The maximum Gasteiger partial charge on any atom is 0.451 e. The molecule has 1 aliphatic heterocycles. The van der Waals surface area contributed by atoms with Crippen LogP contribution in [0.2, 0.25) is 0 Å². The Labute approximate surface area is 188 Å². The van der Waals surface area contributed by atoms with E-state index in [0.29, 0.717) is 25.1 Å². The molecule has 180 valence electrons. The first-order valence-corrected chi connectivity index (χ1v) is 9.88. The van der Waals surface area contributed by atoms with E-state index in [2.05, 4.69) is 25.4 Å². The zero-order valence-corrected chi connectivity index (χ0v) is 17.4. The fourth-order valence-corrected chi connectivity index (χ4v) is 3.52. The van der Waals surface area contributed by atoms with E-state index in [4.69, 9.17) is 4.74 Å². The molecule has 34 heavy (non-hydrogen) atoms. The number of aromatic nitrogens is 5. The molecule has 4 rings (SSSR count). The molecular formula is C20H16F6N6O2. The van der Waals surface area contributed by atoms with Gasteiger partial charge >= 0.3 is 12.4 Å². The van der Waals surface area contributed by atoms with Gasteiger partial charge in [-0.25, -0.2) is 4.98 Å². The molecule has 0 bridgehead atoms. The Morgan fingerprint density at radius 1 is 1.12 bits per heavy atom. The van der Waals surface area contributed by atoms with Gasteiger partial charge < -0.3 is 10.1 Å².